The van der Waals surface area contributed by atoms with Crippen molar-refractivity contribution < 1.29 is 4.79 Å². The Morgan fingerprint density at radius 3 is 2.10 bits per heavy atom. The van der Waals surface area contributed by atoms with Crippen LogP contribution in [0.2, 0.25) is 5.02 Å². The summed E-state index contributed by atoms with van der Waals surface area (Å²) in [5.41, 5.74) is 0.814. The highest BCUT2D eigenvalue weighted by Gasteiger charge is 2.36. The Morgan fingerprint density at radius 2 is 1.67 bits per heavy atom. The first-order valence-corrected chi connectivity index (χ1v) is 8.25. The molecule has 0 saturated carbocycles. The maximum atomic E-state index is 12.3. The van der Waals surface area contributed by atoms with Crippen LogP contribution in [0.4, 0.5) is 0 Å². The zero-order valence-electron chi connectivity index (χ0n) is 13.9. The van der Waals surface area contributed by atoms with Crippen molar-refractivity contribution in [2.24, 2.45) is 17.3 Å². The SMILES string of the molecule is CCCC(CNC(=O)c1ccc(Cl)cc1)(C(C)C)C(C)C. The molecule has 1 aromatic rings. The fraction of sp³-hybridized carbons (Fsp3) is 0.611. The minimum atomic E-state index is -0.0200. The van der Waals surface area contributed by atoms with Crippen molar-refractivity contribution in [2.45, 2.75) is 47.5 Å². The van der Waals surface area contributed by atoms with E-state index >= 15 is 0 Å². The van der Waals surface area contributed by atoms with Crippen molar-refractivity contribution in [2.75, 3.05) is 6.54 Å². The van der Waals surface area contributed by atoms with Crippen LogP contribution in [0.1, 0.15) is 57.8 Å². The standard InChI is InChI=1S/C18H28ClNO/c1-6-11-18(13(2)3,14(4)5)12-20-17(21)15-7-9-16(19)10-8-15/h7-10,13-14H,6,11-12H2,1-5H3,(H,20,21). The molecule has 0 radical (unpaired) electrons. The maximum absolute atomic E-state index is 12.3. The summed E-state index contributed by atoms with van der Waals surface area (Å²) in [6, 6.07) is 7.04. The number of amides is 1. The van der Waals surface area contributed by atoms with Gasteiger partial charge < -0.3 is 5.32 Å². The third kappa shape index (κ3) is 4.47. The quantitative estimate of drug-likeness (QED) is 0.739. The lowest BCUT2D eigenvalue weighted by Gasteiger charge is -2.41. The predicted octanol–water partition coefficient (Wildman–Crippen LogP) is 5.17. The first-order chi connectivity index (χ1) is 9.83. The third-order valence-corrected chi connectivity index (χ3v) is 4.95. The number of hydrogen-bond acceptors (Lipinski definition) is 1. The van der Waals surface area contributed by atoms with Gasteiger partial charge in [-0.15, -0.1) is 0 Å². The molecule has 0 saturated heterocycles. The summed E-state index contributed by atoms with van der Waals surface area (Å²) >= 11 is 5.86. The van der Waals surface area contributed by atoms with E-state index < -0.39 is 0 Å². The van der Waals surface area contributed by atoms with E-state index in [1.807, 2.05) is 0 Å². The number of nitrogens with one attached hydrogen (secondary N) is 1. The number of carbonyl (C=O) groups excluding carboxylic acids is 1. The molecular weight excluding hydrogens is 282 g/mol. The van der Waals surface area contributed by atoms with Crippen molar-refractivity contribution in [1.82, 2.24) is 5.32 Å². The summed E-state index contributed by atoms with van der Waals surface area (Å²) in [6.07, 6.45) is 2.26. The summed E-state index contributed by atoms with van der Waals surface area (Å²) in [7, 11) is 0. The molecule has 21 heavy (non-hydrogen) atoms. The molecule has 0 unspecified atom stereocenters. The molecule has 1 rings (SSSR count). The van der Waals surface area contributed by atoms with E-state index in [0.717, 1.165) is 19.4 Å². The monoisotopic (exact) mass is 309 g/mol. The number of hydrogen-bond donors (Lipinski definition) is 1. The highest BCUT2D eigenvalue weighted by molar-refractivity contribution is 6.30. The largest absolute Gasteiger partial charge is 0.351 e. The second kappa shape index (κ2) is 7.84. The second-order valence-electron chi connectivity index (χ2n) is 6.48. The molecule has 0 bridgehead atoms. The van der Waals surface area contributed by atoms with Gasteiger partial charge in [0.05, 0.1) is 0 Å². The Kier molecular flexibility index (Phi) is 6.73. The van der Waals surface area contributed by atoms with Gasteiger partial charge in [0.25, 0.3) is 5.91 Å². The molecule has 3 heteroatoms. The Hall–Kier alpha value is -1.02. The number of benzene rings is 1. The number of rotatable bonds is 7. The van der Waals surface area contributed by atoms with Crippen LogP contribution < -0.4 is 5.32 Å². The van der Waals surface area contributed by atoms with Gasteiger partial charge in [-0.3, -0.25) is 4.79 Å². The van der Waals surface area contributed by atoms with Crippen molar-refractivity contribution >= 4 is 17.5 Å². The van der Waals surface area contributed by atoms with E-state index in [9.17, 15) is 4.79 Å². The van der Waals surface area contributed by atoms with Crippen molar-refractivity contribution in [1.29, 1.82) is 0 Å². The fourth-order valence-electron chi connectivity index (χ4n) is 3.15. The van der Waals surface area contributed by atoms with Gasteiger partial charge in [-0.25, -0.2) is 0 Å². The molecule has 2 nitrogen and oxygen atoms in total. The normalized spacial score (nSPS) is 12.0. The zero-order valence-corrected chi connectivity index (χ0v) is 14.6. The molecule has 0 heterocycles. The van der Waals surface area contributed by atoms with E-state index in [2.05, 4.69) is 39.9 Å². The Labute approximate surface area is 134 Å². The first kappa shape index (κ1) is 18.0. The molecular formula is C18H28ClNO. The minimum absolute atomic E-state index is 0.0200. The average molecular weight is 310 g/mol. The molecule has 0 spiro atoms. The Balaban J connectivity index is 2.81. The van der Waals surface area contributed by atoms with Crippen molar-refractivity contribution in [3.05, 3.63) is 34.9 Å². The van der Waals surface area contributed by atoms with Crippen LogP contribution in [0.25, 0.3) is 0 Å². The van der Waals surface area contributed by atoms with Gasteiger partial charge in [-0.1, -0.05) is 52.6 Å². The van der Waals surface area contributed by atoms with E-state index in [0.29, 0.717) is 22.4 Å². The van der Waals surface area contributed by atoms with E-state index in [4.69, 9.17) is 11.6 Å². The summed E-state index contributed by atoms with van der Waals surface area (Å²) in [4.78, 5) is 12.3. The molecule has 1 N–H and O–H groups in total. The van der Waals surface area contributed by atoms with E-state index in [1.165, 1.54) is 0 Å². The molecule has 0 aliphatic heterocycles. The molecule has 0 atom stereocenters. The first-order valence-electron chi connectivity index (χ1n) is 7.87. The maximum Gasteiger partial charge on any atom is 0.251 e. The van der Waals surface area contributed by atoms with Crippen LogP contribution in [0, 0.1) is 17.3 Å². The van der Waals surface area contributed by atoms with Gasteiger partial charge in [0.15, 0.2) is 0 Å². The summed E-state index contributed by atoms with van der Waals surface area (Å²) < 4.78 is 0. The topological polar surface area (TPSA) is 29.1 Å². The highest BCUT2D eigenvalue weighted by Crippen LogP contribution is 2.39. The van der Waals surface area contributed by atoms with E-state index in [1.54, 1.807) is 24.3 Å². The zero-order chi connectivity index (χ0) is 16.0. The molecule has 1 amide bonds. The van der Waals surface area contributed by atoms with Crippen LogP contribution in [-0.2, 0) is 0 Å². The van der Waals surface area contributed by atoms with Crippen LogP contribution in [-0.4, -0.2) is 12.5 Å². The van der Waals surface area contributed by atoms with E-state index in [-0.39, 0.29) is 11.3 Å². The van der Waals surface area contributed by atoms with Crippen LogP contribution >= 0.6 is 11.6 Å². The van der Waals surface area contributed by atoms with Crippen LogP contribution in [0.3, 0.4) is 0 Å². The Morgan fingerprint density at radius 1 is 1.14 bits per heavy atom. The third-order valence-electron chi connectivity index (χ3n) is 4.70. The lowest BCUT2D eigenvalue weighted by atomic mass is 9.66. The average Bonchev–Trinajstić information content (AvgIpc) is 2.43. The molecule has 0 fully saturated rings. The second-order valence-corrected chi connectivity index (χ2v) is 6.92. The molecule has 0 aliphatic rings. The smallest absolute Gasteiger partial charge is 0.251 e. The van der Waals surface area contributed by atoms with Gasteiger partial charge >= 0.3 is 0 Å². The number of carbonyl (C=O) groups is 1. The van der Waals surface area contributed by atoms with Gasteiger partial charge in [0.1, 0.15) is 0 Å². The molecule has 0 aromatic heterocycles. The molecule has 0 aliphatic carbocycles. The minimum Gasteiger partial charge on any atom is -0.351 e. The van der Waals surface area contributed by atoms with Crippen LogP contribution in [0.5, 0.6) is 0 Å². The summed E-state index contributed by atoms with van der Waals surface area (Å²) in [5, 5.41) is 3.77. The van der Waals surface area contributed by atoms with Crippen LogP contribution in [0.15, 0.2) is 24.3 Å². The fourth-order valence-corrected chi connectivity index (χ4v) is 3.28. The summed E-state index contributed by atoms with van der Waals surface area (Å²) in [5.74, 6) is 1.04. The number of halogens is 1. The highest BCUT2D eigenvalue weighted by atomic mass is 35.5. The van der Waals surface area contributed by atoms with Crippen molar-refractivity contribution in [3.8, 4) is 0 Å². The predicted molar refractivity (Wildman–Crippen MR) is 90.8 cm³/mol. The van der Waals surface area contributed by atoms with Gasteiger partial charge in [-0.2, -0.15) is 0 Å². The molecule has 118 valence electrons. The lowest BCUT2D eigenvalue weighted by molar-refractivity contribution is 0.0767. The van der Waals surface area contributed by atoms with Crippen molar-refractivity contribution in [3.63, 3.8) is 0 Å². The van der Waals surface area contributed by atoms with Gasteiger partial charge in [-0.05, 0) is 47.9 Å². The molecule has 1 aromatic carbocycles. The lowest BCUT2D eigenvalue weighted by Crippen LogP contribution is -2.44. The van der Waals surface area contributed by atoms with Gasteiger partial charge in [0.2, 0.25) is 0 Å². The summed E-state index contributed by atoms with van der Waals surface area (Å²) in [6.45, 7) is 11.9. The van der Waals surface area contributed by atoms with Gasteiger partial charge in [0, 0.05) is 17.1 Å². The Bertz CT molecular complexity index is 443.